The molecule has 1 atom stereocenters. The zero-order chi connectivity index (χ0) is 14.0. The summed E-state index contributed by atoms with van der Waals surface area (Å²) in [7, 11) is 0. The second-order valence-corrected chi connectivity index (χ2v) is 5.43. The van der Waals surface area contributed by atoms with Gasteiger partial charge in [-0.1, -0.05) is 79.7 Å². The van der Waals surface area contributed by atoms with Crippen molar-refractivity contribution in [2.45, 2.75) is 12.3 Å². The van der Waals surface area contributed by atoms with Gasteiger partial charge in [-0.2, -0.15) is 0 Å². The van der Waals surface area contributed by atoms with Crippen LogP contribution in [-0.2, 0) is 5.41 Å². The normalized spacial score (nSPS) is 14.1. The minimum atomic E-state index is -0.165. The van der Waals surface area contributed by atoms with Gasteiger partial charge in [-0.05, 0) is 21.9 Å². The average molecular weight is 261 g/mol. The van der Waals surface area contributed by atoms with Gasteiger partial charge in [0.25, 0.3) is 0 Å². The second-order valence-electron chi connectivity index (χ2n) is 5.43. The Morgan fingerprint density at radius 3 is 2.20 bits per heavy atom. The first-order valence-electron chi connectivity index (χ1n) is 6.99. The van der Waals surface area contributed by atoms with Crippen LogP contribution in [0.1, 0.15) is 18.1 Å². The Balaban J connectivity index is 2.27. The van der Waals surface area contributed by atoms with E-state index in [0.29, 0.717) is 6.54 Å². The average Bonchev–Trinajstić information content (AvgIpc) is 2.54. The number of nitrogens with two attached hydrogens (primary N) is 1. The fourth-order valence-corrected chi connectivity index (χ4v) is 2.90. The third-order valence-electron chi connectivity index (χ3n) is 4.20. The van der Waals surface area contributed by atoms with Gasteiger partial charge in [0.05, 0.1) is 0 Å². The van der Waals surface area contributed by atoms with Crippen LogP contribution < -0.4 is 5.73 Å². The van der Waals surface area contributed by atoms with E-state index in [1.807, 2.05) is 6.07 Å². The summed E-state index contributed by atoms with van der Waals surface area (Å²) >= 11 is 0. The van der Waals surface area contributed by atoms with Crippen LogP contribution in [-0.4, -0.2) is 6.54 Å². The fourth-order valence-electron chi connectivity index (χ4n) is 2.90. The maximum Gasteiger partial charge on any atom is 0.0303 e. The van der Waals surface area contributed by atoms with Crippen molar-refractivity contribution in [3.8, 4) is 0 Å². The van der Waals surface area contributed by atoms with E-state index in [0.717, 1.165) is 0 Å². The van der Waals surface area contributed by atoms with Gasteiger partial charge in [-0.25, -0.2) is 0 Å². The van der Waals surface area contributed by atoms with E-state index in [4.69, 9.17) is 5.73 Å². The second kappa shape index (κ2) is 5.10. The summed E-state index contributed by atoms with van der Waals surface area (Å²) in [5.74, 6) is 0. The molecule has 0 aromatic heterocycles. The minimum absolute atomic E-state index is 0.165. The monoisotopic (exact) mass is 261 g/mol. The van der Waals surface area contributed by atoms with E-state index in [2.05, 4.69) is 73.7 Å². The maximum absolute atomic E-state index is 6.16. The lowest BCUT2D eigenvalue weighted by molar-refractivity contribution is 0.589. The smallest absolute Gasteiger partial charge is 0.0303 e. The topological polar surface area (TPSA) is 26.0 Å². The zero-order valence-corrected chi connectivity index (χ0v) is 11.7. The largest absolute Gasteiger partial charge is 0.329 e. The molecule has 100 valence electrons. The molecular weight excluding hydrogens is 242 g/mol. The number of hydrogen-bond acceptors (Lipinski definition) is 1. The number of benzene rings is 3. The highest BCUT2D eigenvalue weighted by Crippen LogP contribution is 2.35. The number of fused-ring (bicyclic) bond motifs is 1. The summed E-state index contributed by atoms with van der Waals surface area (Å²) in [5, 5.41) is 2.55. The van der Waals surface area contributed by atoms with Crippen LogP contribution in [0.5, 0.6) is 0 Å². The highest BCUT2D eigenvalue weighted by atomic mass is 14.6. The lowest BCUT2D eigenvalue weighted by atomic mass is 9.74. The van der Waals surface area contributed by atoms with Crippen molar-refractivity contribution < 1.29 is 0 Å². The van der Waals surface area contributed by atoms with Crippen molar-refractivity contribution in [2.75, 3.05) is 6.54 Å². The summed E-state index contributed by atoms with van der Waals surface area (Å²) in [5.41, 5.74) is 8.56. The molecule has 3 rings (SSSR count). The Morgan fingerprint density at radius 2 is 1.45 bits per heavy atom. The van der Waals surface area contributed by atoms with Gasteiger partial charge < -0.3 is 5.73 Å². The molecule has 0 spiro atoms. The number of rotatable bonds is 3. The molecule has 0 saturated carbocycles. The SMILES string of the molecule is CC(CN)(c1ccccc1)c1cccc2ccccc12. The van der Waals surface area contributed by atoms with Crippen LogP contribution in [0.4, 0.5) is 0 Å². The number of hydrogen-bond donors (Lipinski definition) is 1. The Labute approximate surface area is 120 Å². The molecule has 20 heavy (non-hydrogen) atoms. The lowest BCUT2D eigenvalue weighted by Crippen LogP contribution is -2.33. The molecule has 0 aliphatic heterocycles. The molecule has 0 amide bonds. The van der Waals surface area contributed by atoms with Crippen LogP contribution in [0, 0.1) is 0 Å². The van der Waals surface area contributed by atoms with E-state index < -0.39 is 0 Å². The quantitative estimate of drug-likeness (QED) is 0.754. The first kappa shape index (κ1) is 12.9. The van der Waals surface area contributed by atoms with E-state index in [-0.39, 0.29) is 5.41 Å². The zero-order valence-electron chi connectivity index (χ0n) is 11.7. The first-order valence-corrected chi connectivity index (χ1v) is 6.99. The first-order chi connectivity index (χ1) is 9.75. The van der Waals surface area contributed by atoms with Gasteiger partial charge in [0.15, 0.2) is 0 Å². The molecule has 0 aliphatic rings. The summed E-state index contributed by atoms with van der Waals surface area (Å²) in [6.45, 7) is 2.81. The lowest BCUT2D eigenvalue weighted by Gasteiger charge is -2.30. The van der Waals surface area contributed by atoms with Gasteiger partial charge in [-0.3, -0.25) is 0 Å². The molecule has 1 heteroatoms. The van der Waals surface area contributed by atoms with Crippen molar-refractivity contribution in [1.82, 2.24) is 0 Å². The summed E-state index contributed by atoms with van der Waals surface area (Å²) in [4.78, 5) is 0. The van der Waals surface area contributed by atoms with Gasteiger partial charge >= 0.3 is 0 Å². The van der Waals surface area contributed by atoms with Gasteiger partial charge in [0.1, 0.15) is 0 Å². The van der Waals surface area contributed by atoms with Crippen LogP contribution >= 0.6 is 0 Å². The molecule has 3 aromatic carbocycles. The molecule has 0 aliphatic carbocycles. The van der Waals surface area contributed by atoms with Crippen molar-refractivity contribution in [3.05, 3.63) is 83.9 Å². The molecule has 3 aromatic rings. The molecular formula is C19H19N. The van der Waals surface area contributed by atoms with E-state index >= 15 is 0 Å². The van der Waals surface area contributed by atoms with Crippen molar-refractivity contribution in [3.63, 3.8) is 0 Å². The molecule has 0 saturated heterocycles. The molecule has 0 bridgehead atoms. The van der Waals surface area contributed by atoms with E-state index in [1.165, 1.54) is 21.9 Å². The molecule has 0 heterocycles. The molecule has 1 nitrogen and oxygen atoms in total. The van der Waals surface area contributed by atoms with E-state index in [1.54, 1.807) is 0 Å². The van der Waals surface area contributed by atoms with Gasteiger partial charge in [0, 0.05) is 12.0 Å². The summed E-state index contributed by atoms with van der Waals surface area (Å²) in [6.07, 6.45) is 0. The Hall–Kier alpha value is -2.12. The van der Waals surface area contributed by atoms with Gasteiger partial charge in [-0.15, -0.1) is 0 Å². The van der Waals surface area contributed by atoms with E-state index in [9.17, 15) is 0 Å². The third-order valence-corrected chi connectivity index (χ3v) is 4.20. The maximum atomic E-state index is 6.16. The summed E-state index contributed by atoms with van der Waals surface area (Å²) in [6, 6.07) is 25.5. The molecule has 0 fully saturated rings. The fraction of sp³-hybridized carbons (Fsp3) is 0.158. The molecule has 0 radical (unpaired) electrons. The predicted octanol–water partition coefficient (Wildman–Crippen LogP) is 4.10. The Bertz CT molecular complexity index is 713. The van der Waals surface area contributed by atoms with Crippen molar-refractivity contribution in [1.29, 1.82) is 0 Å². The van der Waals surface area contributed by atoms with Crippen molar-refractivity contribution in [2.24, 2.45) is 5.73 Å². The predicted molar refractivity (Wildman–Crippen MR) is 85.9 cm³/mol. The highest BCUT2D eigenvalue weighted by Gasteiger charge is 2.28. The molecule has 2 N–H and O–H groups in total. The Morgan fingerprint density at radius 1 is 0.800 bits per heavy atom. The Kier molecular flexibility index (Phi) is 3.29. The summed E-state index contributed by atoms with van der Waals surface area (Å²) < 4.78 is 0. The van der Waals surface area contributed by atoms with Crippen LogP contribution in [0.25, 0.3) is 10.8 Å². The van der Waals surface area contributed by atoms with Crippen LogP contribution in [0.15, 0.2) is 72.8 Å². The highest BCUT2D eigenvalue weighted by molar-refractivity contribution is 5.87. The van der Waals surface area contributed by atoms with Crippen LogP contribution in [0.2, 0.25) is 0 Å². The third kappa shape index (κ3) is 2.00. The van der Waals surface area contributed by atoms with Crippen molar-refractivity contribution >= 4 is 10.8 Å². The van der Waals surface area contributed by atoms with Crippen LogP contribution in [0.3, 0.4) is 0 Å². The molecule has 1 unspecified atom stereocenters. The standard InChI is InChI=1S/C19H19N/c1-19(14-20,16-10-3-2-4-11-16)18-13-7-9-15-8-5-6-12-17(15)18/h2-13H,14,20H2,1H3. The van der Waals surface area contributed by atoms with Gasteiger partial charge in [0.2, 0.25) is 0 Å². The minimum Gasteiger partial charge on any atom is -0.329 e.